The first-order valence-electron chi connectivity index (χ1n) is 9.30. The second-order valence-electron chi connectivity index (χ2n) is 6.27. The molecule has 0 aliphatic rings. The van der Waals surface area contributed by atoms with Crippen molar-refractivity contribution in [1.82, 2.24) is 4.98 Å². The third-order valence-electron chi connectivity index (χ3n) is 4.49. The zero-order valence-electron chi connectivity index (χ0n) is 16.5. The van der Waals surface area contributed by atoms with Gasteiger partial charge in [-0.3, -0.25) is 4.98 Å². The fourth-order valence-corrected chi connectivity index (χ4v) is 3.20. The summed E-state index contributed by atoms with van der Waals surface area (Å²) in [5.74, 6) is 0.866. The van der Waals surface area contributed by atoms with E-state index in [9.17, 15) is 0 Å². The van der Waals surface area contributed by atoms with Crippen LogP contribution in [0, 0.1) is 6.92 Å². The van der Waals surface area contributed by atoms with Crippen LogP contribution >= 0.6 is 12.4 Å². The van der Waals surface area contributed by atoms with E-state index >= 15 is 0 Å². The highest BCUT2D eigenvalue weighted by atomic mass is 35.5. The Labute approximate surface area is 168 Å². The maximum Gasteiger partial charge on any atom is 0.120 e. The molecule has 1 aromatic heterocycles. The molecule has 2 aromatic carbocycles. The molecule has 3 aromatic rings. The van der Waals surface area contributed by atoms with Crippen LogP contribution in [-0.4, -0.2) is 24.7 Å². The molecule has 144 valence electrons. The molecule has 1 N–H and O–H groups in total. The van der Waals surface area contributed by atoms with Gasteiger partial charge < -0.3 is 15.0 Å². The number of fused-ring (bicyclic) bond motifs is 1. The number of ether oxygens (including phenoxy) is 1. The summed E-state index contributed by atoms with van der Waals surface area (Å²) in [6.07, 6.45) is 0. The largest absolute Gasteiger partial charge is 0.494 e. The van der Waals surface area contributed by atoms with Gasteiger partial charge in [-0.05, 0) is 76.2 Å². The van der Waals surface area contributed by atoms with E-state index in [1.165, 1.54) is 5.69 Å². The number of aryl methyl sites for hydroxylation is 1. The summed E-state index contributed by atoms with van der Waals surface area (Å²) in [5.41, 5.74) is 5.31. The monoisotopic (exact) mass is 385 g/mol. The van der Waals surface area contributed by atoms with Crippen LogP contribution in [-0.2, 0) is 0 Å². The minimum atomic E-state index is 0. The van der Waals surface area contributed by atoms with E-state index in [1.54, 1.807) is 0 Å². The predicted molar refractivity (Wildman–Crippen MR) is 118 cm³/mol. The molecule has 27 heavy (non-hydrogen) atoms. The van der Waals surface area contributed by atoms with Crippen molar-refractivity contribution in [2.24, 2.45) is 0 Å². The summed E-state index contributed by atoms with van der Waals surface area (Å²) in [4.78, 5) is 6.97. The molecule has 0 aliphatic heterocycles. The van der Waals surface area contributed by atoms with Gasteiger partial charge in [0, 0.05) is 41.2 Å². The van der Waals surface area contributed by atoms with E-state index in [4.69, 9.17) is 4.74 Å². The fraction of sp³-hybridized carbons (Fsp3) is 0.318. The predicted octanol–water partition coefficient (Wildman–Crippen LogP) is 5.95. The van der Waals surface area contributed by atoms with Gasteiger partial charge in [-0.1, -0.05) is 0 Å². The third-order valence-corrected chi connectivity index (χ3v) is 4.49. The van der Waals surface area contributed by atoms with Crippen LogP contribution in [0.2, 0.25) is 0 Å². The van der Waals surface area contributed by atoms with Gasteiger partial charge in [0.15, 0.2) is 0 Å². The first-order chi connectivity index (χ1) is 12.6. The van der Waals surface area contributed by atoms with Crippen molar-refractivity contribution in [1.29, 1.82) is 0 Å². The highest BCUT2D eigenvalue weighted by Crippen LogP contribution is 2.30. The fourth-order valence-electron chi connectivity index (χ4n) is 3.20. The minimum Gasteiger partial charge on any atom is -0.494 e. The summed E-state index contributed by atoms with van der Waals surface area (Å²) >= 11 is 0. The Morgan fingerprint density at radius 2 is 1.67 bits per heavy atom. The van der Waals surface area contributed by atoms with Crippen molar-refractivity contribution in [3.8, 4) is 5.75 Å². The van der Waals surface area contributed by atoms with Gasteiger partial charge in [0.2, 0.25) is 0 Å². The Kier molecular flexibility index (Phi) is 7.31. The molecule has 0 bridgehead atoms. The zero-order chi connectivity index (χ0) is 18.5. The summed E-state index contributed by atoms with van der Waals surface area (Å²) in [5, 5.41) is 4.61. The van der Waals surface area contributed by atoms with Crippen molar-refractivity contribution in [3.05, 3.63) is 54.2 Å². The van der Waals surface area contributed by atoms with Gasteiger partial charge in [0.1, 0.15) is 5.75 Å². The number of hydrogen-bond acceptors (Lipinski definition) is 4. The highest BCUT2D eigenvalue weighted by Gasteiger charge is 2.07. The molecule has 0 aliphatic carbocycles. The SMILES string of the molecule is CCOc1ccc2nc(C)cc(Nc3ccc(N(CC)CC)cc3)c2c1.Cl. The maximum absolute atomic E-state index is 5.66. The Bertz CT molecular complexity index is 877. The molecule has 1 heterocycles. The summed E-state index contributed by atoms with van der Waals surface area (Å²) < 4.78 is 5.66. The molecule has 5 heteroatoms. The quantitative estimate of drug-likeness (QED) is 0.545. The van der Waals surface area contributed by atoms with Crippen LogP contribution in [0.5, 0.6) is 5.75 Å². The number of anilines is 3. The molecule has 0 atom stereocenters. The number of hydrogen-bond donors (Lipinski definition) is 1. The topological polar surface area (TPSA) is 37.4 Å². The second-order valence-corrected chi connectivity index (χ2v) is 6.27. The molecule has 0 unspecified atom stereocenters. The number of nitrogens with zero attached hydrogens (tertiary/aromatic N) is 2. The van der Waals surface area contributed by atoms with Crippen LogP contribution in [0.25, 0.3) is 10.9 Å². The number of nitrogens with one attached hydrogen (secondary N) is 1. The first-order valence-corrected chi connectivity index (χ1v) is 9.30. The summed E-state index contributed by atoms with van der Waals surface area (Å²) in [6, 6.07) is 16.7. The van der Waals surface area contributed by atoms with E-state index < -0.39 is 0 Å². The highest BCUT2D eigenvalue weighted by molar-refractivity contribution is 5.94. The lowest BCUT2D eigenvalue weighted by atomic mass is 10.1. The van der Waals surface area contributed by atoms with Crippen molar-refractivity contribution in [3.63, 3.8) is 0 Å². The van der Waals surface area contributed by atoms with E-state index in [-0.39, 0.29) is 12.4 Å². The average molecular weight is 386 g/mol. The Morgan fingerprint density at radius 1 is 0.963 bits per heavy atom. The Hall–Kier alpha value is -2.46. The van der Waals surface area contributed by atoms with E-state index in [2.05, 4.69) is 65.4 Å². The van der Waals surface area contributed by atoms with E-state index in [1.807, 2.05) is 26.0 Å². The lowest BCUT2D eigenvalue weighted by molar-refractivity contribution is 0.340. The molecule has 4 nitrogen and oxygen atoms in total. The van der Waals surface area contributed by atoms with Crippen LogP contribution in [0.4, 0.5) is 17.1 Å². The van der Waals surface area contributed by atoms with Gasteiger partial charge >= 0.3 is 0 Å². The third kappa shape index (κ3) is 4.83. The van der Waals surface area contributed by atoms with Crippen molar-refractivity contribution >= 4 is 40.4 Å². The lowest BCUT2D eigenvalue weighted by Gasteiger charge is -2.21. The van der Waals surface area contributed by atoms with Crippen molar-refractivity contribution < 1.29 is 4.74 Å². The van der Waals surface area contributed by atoms with Crippen LogP contribution in [0.15, 0.2) is 48.5 Å². The second kappa shape index (κ2) is 9.47. The number of halogens is 1. The van der Waals surface area contributed by atoms with Gasteiger partial charge in [-0.25, -0.2) is 0 Å². The number of rotatable bonds is 7. The standard InChI is InChI=1S/C22H27N3O.ClH/c1-5-25(6-2)18-10-8-17(9-11-18)24-22-14-16(4)23-21-13-12-19(26-7-3)15-20(21)22;/h8-15H,5-7H2,1-4H3,(H,23,24);1H. The van der Waals surface area contributed by atoms with E-state index in [0.717, 1.165) is 46.8 Å². The van der Waals surface area contributed by atoms with Gasteiger partial charge in [0.05, 0.1) is 12.1 Å². The first kappa shape index (κ1) is 20.8. The molecular weight excluding hydrogens is 358 g/mol. The van der Waals surface area contributed by atoms with Gasteiger partial charge in [0.25, 0.3) is 0 Å². The molecule has 0 spiro atoms. The van der Waals surface area contributed by atoms with Crippen LogP contribution in [0.3, 0.4) is 0 Å². The molecule has 3 rings (SSSR count). The number of pyridine rings is 1. The van der Waals surface area contributed by atoms with Crippen LogP contribution in [0.1, 0.15) is 26.5 Å². The molecule has 0 fully saturated rings. The molecule has 0 saturated heterocycles. The van der Waals surface area contributed by atoms with Gasteiger partial charge in [-0.15, -0.1) is 12.4 Å². The average Bonchev–Trinajstić information content (AvgIpc) is 2.65. The molecular formula is C22H28ClN3O. The maximum atomic E-state index is 5.66. The molecule has 0 saturated carbocycles. The zero-order valence-corrected chi connectivity index (χ0v) is 17.3. The molecule has 0 radical (unpaired) electrons. The minimum absolute atomic E-state index is 0. The summed E-state index contributed by atoms with van der Waals surface area (Å²) in [6.45, 7) is 11.0. The van der Waals surface area contributed by atoms with Gasteiger partial charge in [-0.2, -0.15) is 0 Å². The van der Waals surface area contributed by atoms with Crippen molar-refractivity contribution in [2.45, 2.75) is 27.7 Å². The van der Waals surface area contributed by atoms with E-state index in [0.29, 0.717) is 6.61 Å². The smallest absolute Gasteiger partial charge is 0.120 e. The van der Waals surface area contributed by atoms with Crippen molar-refractivity contribution in [2.75, 3.05) is 29.9 Å². The Morgan fingerprint density at radius 3 is 2.30 bits per heavy atom. The normalized spacial score (nSPS) is 10.4. The lowest BCUT2D eigenvalue weighted by Crippen LogP contribution is -2.21. The summed E-state index contributed by atoms with van der Waals surface area (Å²) in [7, 11) is 0. The molecule has 0 amide bonds. The van der Waals surface area contributed by atoms with Crippen LogP contribution < -0.4 is 15.0 Å². The number of benzene rings is 2. The number of aromatic nitrogens is 1. The Balaban J connectivity index is 0.00000261.